The summed E-state index contributed by atoms with van der Waals surface area (Å²) in [5, 5.41) is 0. The Morgan fingerprint density at radius 2 is 2.00 bits per heavy atom. The topological polar surface area (TPSA) is 36.0 Å². The van der Waals surface area contributed by atoms with Gasteiger partial charge in [-0.3, -0.25) is 4.79 Å². The fraction of sp³-hybridized carbons (Fsp3) is 0.632. The van der Waals surface area contributed by atoms with Gasteiger partial charge in [-0.1, -0.05) is 12.1 Å². The highest BCUT2D eigenvalue weighted by atomic mass is 16.5. The molecular formula is C19H31N3O2. The number of amides is 1. The number of nitrogens with zero attached hydrogens (tertiary/aromatic N) is 3. The van der Waals surface area contributed by atoms with Crippen LogP contribution < -0.4 is 4.74 Å². The van der Waals surface area contributed by atoms with Gasteiger partial charge in [0.2, 0.25) is 0 Å². The van der Waals surface area contributed by atoms with Crippen molar-refractivity contribution in [2.24, 2.45) is 0 Å². The van der Waals surface area contributed by atoms with Gasteiger partial charge in [0.25, 0.3) is 5.91 Å². The average Bonchev–Trinajstić information content (AvgIpc) is 2.60. The maximum Gasteiger partial charge on any atom is 0.257 e. The zero-order valence-electron chi connectivity index (χ0n) is 15.5. The molecule has 134 valence electrons. The van der Waals surface area contributed by atoms with Crippen LogP contribution in [0, 0.1) is 0 Å². The number of carbonyl (C=O) groups excluding carboxylic acids is 1. The lowest BCUT2D eigenvalue weighted by atomic mass is 10.0. The molecule has 5 nitrogen and oxygen atoms in total. The average molecular weight is 333 g/mol. The molecule has 5 heteroatoms. The molecule has 1 unspecified atom stereocenters. The molecule has 0 saturated carbocycles. The van der Waals surface area contributed by atoms with Gasteiger partial charge in [0.15, 0.2) is 0 Å². The van der Waals surface area contributed by atoms with E-state index in [4.69, 9.17) is 4.74 Å². The van der Waals surface area contributed by atoms with Crippen molar-refractivity contribution < 1.29 is 9.53 Å². The van der Waals surface area contributed by atoms with E-state index in [1.807, 2.05) is 29.2 Å². The van der Waals surface area contributed by atoms with E-state index in [1.165, 1.54) is 0 Å². The molecule has 1 atom stereocenters. The largest absolute Gasteiger partial charge is 0.496 e. The molecule has 1 fully saturated rings. The second kappa shape index (κ2) is 9.04. The van der Waals surface area contributed by atoms with Crippen molar-refractivity contribution in [1.29, 1.82) is 0 Å². The van der Waals surface area contributed by atoms with Gasteiger partial charge >= 0.3 is 0 Å². The normalized spacial score (nSPS) is 18.2. The molecule has 0 spiro atoms. The third-order valence-corrected chi connectivity index (χ3v) is 4.76. The van der Waals surface area contributed by atoms with Crippen LogP contribution in [0.25, 0.3) is 0 Å². The molecular weight excluding hydrogens is 302 g/mol. The summed E-state index contributed by atoms with van der Waals surface area (Å²) >= 11 is 0. The first-order chi connectivity index (χ1) is 11.5. The Balaban J connectivity index is 1.95. The number of hydrogen-bond acceptors (Lipinski definition) is 4. The smallest absolute Gasteiger partial charge is 0.257 e. The number of likely N-dealkylation sites (tertiary alicyclic amines) is 1. The van der Waals surface area contributed by atoms with E-state index in [0.717, 1.165) is 45.4 Å². The molecule has 1 aromatic rings. The highest BCUT2D eigenvalue weighted by Crippen LogP contribution is 2.22. The number of likely N-dealkylation sites (N-methyl/N-ethyl adjacent to an activating group) is 1. The molecule has 0 radical (unpaired) electrons. The minimum absolute atomic E-state index is 0.0823. The number of carbonyl (C=O) groups is 1. The van der Waals surface area contributed by atoms with Crippen molar-refractivity contribution in [2.75, 3.05) is 54.4 Å². The fourth-order valence-electron chi connectivity index (χ4n) is 3.31. The summed E-state index contributed by atoms with van der Waals surface area (Å²) in [6.07, 6.45) is 3.37. The van der Waals surface area contributed by atoms with Crippen molar-refractivity contribution in [2.45, 2.75) is 25.3 Å². The monoisotopic (exact) mass is 333 g/mol. The van der Waals surface area contributed by atoms with E-state index < -0.39 is 0 Å². The van der Waals surface area contributed by atoms with E-state index in [-0.39, 0.29) is 5.91 Å². The van der Waals surface area contributed by atoms with Crippen molar-refractivity contribution in [3.8, 4) is 5.75 Å². The highest BCUT2D eigenvalue weighted by Gasteiger charge is 2.27. The lowest BCUT2D eigenvalue weighted by molar-refractivity contribution is 0.0604. The molecule has 1 amide bonds. The molecule has 1 aliphatic heterocycles. The summed E-state index contributed by atoms with van der Waals surface area (Å²) in [6.45, 7) is 3.80. The van der Waals surface area contributed by atoms with Crippen molar-refractivity contribution in [1.82, 2.24) is 14.7 Å². The lowest BCUT2D eigenvalue weighted by Crippen LogP contribution is -2.49. The Morgan fingerprint density at radius 3 is 2.71 bits per heavy atom. The van der Waals surface area contributed by atoms with Crippen LogP contribution in [0.4, 0.5) is 0 Å². The van der Waals surface area contributed by atoms with Crippen molar-refractivity contribution >= 4 is 5.91 Å². The van der Waals surface area contributed by atoms with Gasteiger partial charge in [-0.05, 0) is 65.6 Å². The minimum Gasteiger partial charge on any atom is -0.496 e. The molecule has 1 saturated heterocycles. The molecule has 1 heterocycles. The van der Waals surface area contributed by atoms with Crippen LogP contribution >= 0.6 is 0 Å². The molecule has 1 aromatic carbocycles. The van der Waals surface area contributed by atoms with E-state index in [9.17, 15) is 4.79 Å². The first-order valence-corrected chi connectivity index (χ1v) is 8.80. The Kier molecular flexibility index (Phi) is 7.06. The Bertz CT molecular complexity index is 533. The Hall–Kier alpha value is -1.59. The third-order valence-electron chi connectivity index (χ3n) is 4.76. The summed E-state index contributed by atoms with van der Waals surface area (Å²) in [6, 6.07) is 7.94. The maximum absolute atomic E-state index is 12.9. The zero-order valence-corrected chi connectivity index (χ0v) is 15.5. The first-order valence-electron chi connectivity index (χ1n) is 8.80. The second-order valence-electron chi connectivity index (χ2n) is 6.88. The standard InChI is InChI=1S/C19H31N3O2/c1-20(2)12-8-13-21(3)16-9-7-14-22(15-16)19(23)17-10-5-6-11-18(17)24-4/h5-6,10-11,16H,7-9,12-15H2,1-4H3. The van der Waals surface area contributed by atoms with E-state index in [2.05, 4.69) is 30.9 Å². The highest BCUT2D eigenvalue weighted by molar-refractivity contribution is 5.97. The fourth-order valence-corrected chi connectivity index (χ4v) is 3.31. The van der Waals surface area contributed by atoms with E-state index in [0.29, 0.717) is 17.4 Å². The van der Waals surface area contributed by atoms with E-state index in [1.54, 1.807) is 7.11 Å². The molecule has 0 N–H and O–H groups in total. The number of methoxy groups -OCH3 is 1. The molecule has 2 rings (SSSR count). The number of piperidine rings is 1. The van der Waals surface area contributed by atoms with Gasteiger partial charge < -0.3 is 19.4 Å². The minimum atomic E-state index is 0.0823. The lowest BCUT2D eigenvalue weighted by Gasteiger charge is -2.38. The predicted molar refractivity (Wildman–Crippen MR) is 97.7 cm³/mol. The van der Waals surface area contributed by atoms with Crippen LogP contribution in [0.15, 0.2) is 24.3 Å². The number of ether oxygens (including phenoxy) is 1. The Labute approximate surface area is 146 Å². The SMILES string of the molecule is COc1ccccc1C(=O)N1CCCC(N(C)CCCN(C)C)C1. The van der Waals surface area contributed by atoms with Gasteiger partial charge in [0.05, 0.1) is 12.7 Å². The van der Waals surface area contributed by atoms with Gasteiger partial charge in [-0.25, -0.2) is 0 Å². The van der Waals surface area contributed by atoms with Crippen LogP contribution in [0.5, 0.6) is 5.75 Å². The molecule has 0 bridgehead atoms. The van der Waals surface area contributed by atoms with Gasteiger partial charge in [0, 0.05) is 19.1 Å². The summed E-state index contributed by atoms with van der Waals surface area (Å²) in [4.78, 5) is 19.5. The number of benzene rings is 1. The van der Waals surface area contributed by atoms with E-state index >= 15 is 0 Å². The van der Waals surface area contributed by atoms with Crippen molar-refractivity contribution in [3.63, 3.8) is 0 Å². The molecule has 24 heavy (non-hydrogen) atoms. The van der Waals surface area contributed by atoms with Crippen molar-refractivity contribution in [3.05, 3.63) is 29.8 Å². The summed E-state index contributed by atoms with van der Waals surface area (Å²) in [5.41, 5.74) is 0.663. The van der Waals surface area contributed by atoms with Gasteiger partial charge in [-0.15, -0.1) is 0 Å². The van der Waals surface area contributed by atoms with Crippen LogP contribution in [0.3, 0.4) is 0 Å². The third kappa shape index (κ3) is 4.95. The Morgan fingerprint density at radius 1 is 1.25 bits per heavy atom. The number of hydrogen-bond donors (Lipinski definition) is 0. The maximum atomic E-state index is 12.9. The first kappa shape index (κ1) is 18.7. The summed E-state index contributed by atoms with van der Waals surface area (Å²) < 4.78 is 5.34. The molecule has 1 aliphatic rings. The summed E-state index contributed by atoms with van der Waals surface area (Å²) in [7, 11) is 8.00. The molecule has 0 aliphatic carbocycles. The van der Waals surface area contributed by atoms with Gasteiger partial charge in [0.1, 0.15) is 5.75 Å². The van der Waals surface area contributed by atoms with Crippen LogP contribution in [-0.4, -0.2) is 81.1 Å². The van der Waals surface area contributed by atoms with Gasteiger partial charge in [-0.2, -0.15) is 0 Å². The number of rotatable bonds is 7. The second-order valence-corrected chi connectivity index (χ2v) is 6.88. The molecule has 0 aromatic heterocycles. The predicted octanol–water partition coefficient (Wildman–Crippen LogP) is 2.18. The van der Waals surface area contributed by atoms with Crippen LogP contribution in [-0.2, 0) is 0 Å². The zero-order chi connectivity index (χ0) is 17.5. The number of para-hydroxylation sites is 1. The van der Waals surface area contributed by atoms with Crippen LogP contribution in [0.1, 0.15) is 29.6 Å². The summed E-state index contributed by atoms with van der Waals surface area (Å²) in [5.74, 6) is 0.739. The quantitative estimate of drug-likeness (QED) is 0.766. The van der Waals surface area contributed by atoms with Crippen LogP contribution in [0.2, 0.25) is 0 Å².